The number of nitrogens with one attached hydrogen (secondary N) is 1. The predicted molar refractivity (Wildman–Crippen MR) is 86.2 cm³/mol. The van der Waals surface area contributed by atoms with Crippen molar-refractivity contribution in [1.82, 2.24) is 0 Å². The van der Waals surface area contributed by atoms with Crippen LogP contribution in [0.1, 0.15) is 0 Å². The molecule has 0 aliphatic heterocycles. The van der Waals surface area contributed by atoms with Gasteiger partial charge in [-0.05, 0) is 42.5 Å². The van der Waals surface area contributed by atoms with Gasteiger partial charge in [0.05, 0.1) is 21.4 Å². The van der Waals surface area contributed by atoms with E-state index in [9.17, 15) is 25.8 Å². The van der Waals surface area contributed by atoms with Crippen LogP contribution in [0.4, 0.5) is 18.9 Å². The second-order valence-corrected chi connectivity index (χ2v) is 8.41. The van der Waals surface area contributed by atoms with Gasteiger partial charge in [-0.3, -0.25) is 4.72 Å². The number of hydrogen-bond acceptors (Lipinski definition) is 3. The molecule has 11 heteroatoms. The second kappa shape index (κ2) is 6.91. The topological polar surface area (TPSA) is 63.2 Å². The Kier molecular flexibility index (Phi) is 5.48. The highest BCUT2D eigenvalue weighted by Crippen LogP contribution is 2.32. The molecule has 0 aliphatic rings. The lowest BCUT2D eigenvalue weighted by atomic mass is 10.3. The molecule has 0 saturated heterocycles. The first-order chi connectivity index (χ1) is 11.0. The molecule has 2 aromatic carbocycles. The van der Waals surface area contributed by atoms with Crippen molar-refractivity contribution >= 4 is 49.7 Å². The zero-order valence-electron chi connectivity index (χ0n) is 11.5. The van der Waals surface area contributed by atoms with Crippen LogP contribution in [0.2, 0.25) is 10.0 Å². The van der Waals surface area contributed by atoms with Crippen molar-refractivity contribution in [3.8, 4) is 0 Å². The molecule has 0 radical (unpaired) electrons. The standard InChI is InChI=1S/C13H8Cl2F3NO3S2/c14-8-1-4-10(5-2-8)23(20)12-7-9(15)3-6-11(12)19-24(21,22)13(16,17)18/h1-7,19H. The summed E-state index contributed by atoms with van der Waals surface area (Å²) in [5.41, 5.74) is -5.99. The molecule has 0 spiro atoms. The molecule has 1 unspecified atom stereocenters. The quantitative estimate of drug-likeness (QED) is 0.800. The Labute approximate surface area is 148 Å². The van der Waals surface area contributed by atoms with Gasteiger partial charge in [-0.15, -0.1) is 0 Å². The third kappa shape index (κ3) is 4.21. The van der Waals surface area contributed by atoms with E-state index in [1.165, 1.54) is 35.1 Å². The molecule has 130 valence electrons. The summed E-state index contributed by atoms with van der Waals surface area (Å²) in [5.74, 6) is 0. The fourth-order valence-electron chi connectivity index (χ4n) is 1.62. The molecule has 2 aromatic rings. The number of hydrogen-bond donors (Lipinski definition) is 1. The van der Waals surface area contributed by atoms with Gasteiger partial charge in [0.15, 0.2) is 0 Å². The highest BCUT2D eigenvalue weighted by atomic mass is 35.5. The van der Waals surface area contributed by atoms with E-state index in [4.69, 9.17) is 23.2 Å². The molecular weight excluding hydrogens is 410 g/mol. The summed E-state index contributed by atoms with van der Waals surface area (Å²) >= 11 is 11.5. The Morgan fingerprint density at radius 2 is 1.50 bits per heavy atom. The molecule has 1 N–H and O–H groups in total. The Morgan fingerprint density at radius 3 is 2.04 bits per heavy atom. The summed E-state index contributed by atoms with van der Waals surface area (Å²) in [6.45, 7) is 0. The van der Waals surface area contributed by atoms with Crippen LogP contribution in [0.25, 0.3) is 0 Å². The van der Waals surface area contributed by atoms with E-state index in [-0.39, 0.29) is 14.8 Å². The zero-order chi connectivity index (χ0) is 18.1. The Bertz CT molecular complexity index is 884. The average Bonchev–Trinajstić information content (AvgIpc) is 2.48. The predicted octanol–water partition coefficient (Wildman–Crippen LogP) is 4.42. The van der Waals surface area contributed by atoms with Gasteiger partial charge >= 0.3 is 15.5 Å². The maximum absolute atomic E-state index is 12.6. The lowest BCUT2D eigenvalue weighted by Crippen LogP contribution is -2.30. The summed E-state index contributed by atoms with van der Waals surface area (Å²) in [4.78, 5) is 0.00627. The third-order valence-corrected chi connectivity index (χ3v) is 5.74. The molecule has 2 rings (SSSR count). The lowest BCUT2D eigenvalue weighted by Gasteiger charge is -2.14. The second-order valence-electron chi connectivity index (χ2n) is 4.41. The summed E-state index contributed by atoms with van der Waals surface area (Å²) in [6.07, 6.45) is 0. The van der Waals surface area contributed by atoms with Gasteiger partial charge in [0, 0.05) is 14.9 Å². The van der Waals surface area contributed by atoms with E-state index in [1.54, 1.807) is 0 Å². The third-order valence-electron chi connectivity index (χ3n) is 2.72. The zero-order valence-corrected chi connectivity index (χ0v) is 14.6. The number of rotatable bonds is 4. The smallest absolute Gasteiger partial charge is 0.275 e. The molecule has 0 bridgehead atoms. The van der Waals surface area contributed by atoms with Crippen molar-refractivity contribution in [3.63, 3.8) is 0 Å². The molecule has 24 heavy (non-hydrogen) atoms. The molecule has 0 aromatic heterocycles. The van der Waals surface area contributed by atoms with Gasteiger partial charge in [0.1, 0.15) is 0 Å². The maximum Gasteiger partial charge on any atom is 0.516 e. The SMILES string of the molecule is O=S(c1ccc(Cl)cc1)c1cc(Cl)ccc1NS(=O)(=O)C(F)(F)F. The molecule has 0 fully saturated rings. The van der Waals surface area contributed by atoms with Gasteiger partial charge in [0.2, 0.25) is 0 Å². The summed E-state index contributed by atoms with van der Waals surface area (Å²) in [6, 6.07) is 9.01. The number of halogens is 5. The van der Waals surface area contributed by atoms with Crippen LogP contribution in [0.5, 0.6) is 0 Å². The van der Waals surface area contributed by atoms with Crippen molar-refractivity contribution in [1.29, 1.82) is 0 Å². The van der Waals surface area contributed by atoms with Crippen LogP contribution in [-0.4, -0.2) is 18.1 Å². The molecule has 1 atom stereocenters. The minimum atomic E-state index is -5.66. The number of benzene rings is 2. The fraction of sp³-hybridized carbons (Fsp3) is 0.0769. The normalized spacial score (nSPS) is 13.5. The molecule has 0 heterocycles. The Balaban J connectivity index is 2.49. The molecule has 0 amide bonds. The fourth-order valence-corrected chi connectivity index (χ4v) is 3.82. The number of alkyl halides is 3. The van der Waals surface area contributed by atoms with Gasteiger partial charge in [-0.2, -0.15) is 21.6 Å². The van der Waals surface area contributed by atoms with Crippen LogP contribution in [-0.2, 0) is 20.8 Å². The van der Waals surface area contributed by atoms with Crippen molar-refractivity contribution in [2.45, 2.75) is 15.3 Å². The number of anilines is 1. The molecule has 0 aliphatic carbocycles. The van der Waals surface area contributed by atoms with Gasteiger partial charge in [0.25, 0.3) is 0 Å². The van der Waals surface area contributed by atoms with Crippen LogP contribution >= 0.6 is 23.2 Å². The minimum Gasteiger partial charge on any atom is -0.275 e. The Morgan fingerprint density at radius 1 is 0.958 bits per heavy atom. The molecular formula is C13H8Cl2F3NO3S2. The van der Waals surface area contributed by atoms with Gasteiger partial charge < -0.3 is 0 Å². The van der Waals surface area contributed by atoms with E-state index >= 15 is 0 Å². The van der Waals surface area contributed by atoms with E-state index in [0.29, 0.717) is 5.02 Å². The minimum absolute atomic E-state index is 0.0854. The van der Waals surface area contributed by atoms with Gasteiger partial charge in [-0.1, -0.05) is 23.2 Å². The van der Waals surface area contributed by atoms with Crippen molar-refractivity contribution < 1.29 is 25.8 Å². The average molecular weight is 418 g/mol. The van der Waals surface area contributed by atoms with E-state index < -0.39 is 32.0 Å². The highest BCUT2D eigenvalue weighted by molar-refractivity contribution is 7.93. The van der Waals surface area contributed by atoms with Crippen LogP contribution in [0, 0.1) is 0 Å². The maximum atomic E-state index is 12.6. The Hall–Kier alpha value is -1.29. The van der Waals surface area contributed by atoms with Crippen LogP contribution in [0.3, 0.4) is 0 Å². The summed E-state index contributed by atoms with van der Waals surface area (Å²) in [5, 5.41) is 0.460. The first-order valence-corrected chi connectivity index (χ1v) is 9.46. The van der Waals surface area contributed by atoms with E-state index in [1.807, 2.05) is 0 Å². The van der Waals surface area contributed by atoms with E-state index in [2.05, 4.69) is 0 Å². The first kappa shape index (κ1) is 19.0. The number of sulfonamides is 1. The largest absolute Gasteiger partial charge is 0.516 e. The van der Waals surface area contributed by atoms with Crippen molar-refractivity contribution in [2.75, 3.05) is 4.72 Å². The molecule has 0 saturated carbocycles. The van der Waals surface area contributed by atoms with Crippen molar-refractivity contribution in [2.24, 2.45) is 0 Å². The molecule has 4 nitrogen and oxygen atoms in total. The summed E-state index contributed by atoms with van der Waals surface area (Å²) < 4.78 is 74.1. The van der Waals surface area contributed by atoms with Crippen LogP contribution in [0.15, 0.2) is 52.3 Å². The summed E-state index contributed by atoms with van der Waals surface area (Å²) in [7, 11) is -7.63. The highest BCUT2D eigenvalue weighted by Gasteiger charge is 2.46. The van der Waals surface area contributed by atoms with E-state index in [0.717, 1.165) is 12.1 Å². The van der Waals surface area contributed by atoms with Gasteiger partial charge in [-0.25, -0.2) is 4.21 Å². The monoisotopic (exact) mass is 417 g/mol. The first-order valence-electron chi connectivity index (χ1n) is 6.07. The van der Waals surface area contributed by atoms with Crippen LogP contribution < -0.4 is 4.72 Å². The lowest BCUT2D eigenvalue weighted by molar-refractivity contribution is -0.0429. The van der Waals surface area contributed by atoms with Crippen molar-refractivity contribution in [3.05, 3.63) is 52.5 Å².